The lowest BCUT2D eigenvalue weighted by atomic mass is 10.0. The molecule has 0 spiro atoms. The summed E-state index contributed by atoms with van der Waals surface area (Å²) in [5, 5.41) is 0. The smallest absolute Gasteiger partial charge is 0.0840 e. The van der Waals surface area contributed by atoms with Gasteiger partial charge in [0.2, 0.25) is 0 Å². The fraction of sp³-hybridized carbons (Fsp3) is 0.250. The monoisotopic (exact) mass is 236 g/mol. The van der Waals surface area contributed by atoms with Crippen molar-refractivity contribution < 1.29 is 0 Å². The maximum Gasteiger partial charge on any atom is 0.0840 e. The summed E-state index contributed by atoms with van der Waals surface area (Å²) in [5.41, 5.74) is 3.57. The Morgan fingerprint density at radius 2 is 1.83 bits per heavy atom. The van der Waals surface area contributed by atoms with Gasteiger partial charge in [-0.05, 0) is 37.0 Å². The Balaban J connectivity index is 1.73. The van der Waals surface area contributed by atoms with Crippen LogP contribution < -0.4 is 0 Å². The standard InChI is InChI=1S/C16H16N2/c1-2-6-13(7-3-1)12-14-9-10-16(18-14)15-8-4-5-11-17-15/h1-8,11,14H,9-10,12H2/t14-/m0/s1. The molecule has 0 saturated carbocycles. The van der Waals surface area contributed by atoms with Gasteiger partial charge in [0.1, 0.15) is 0 Å². The highest BCUT2D eigenvalue weighted by atomic mass is 14.9. The molecule has 0 fully saturated rings. The maximum atomic E-state index is 4.81. The molecule has 2 heteroatoms. The summed E-state index contributed by atoms with van der Waals surface area (Å²) < 4.78 is 0. The normalized spacial score (nSPS) is 18.7. The van der Waals surface area contributed by atoms with Crippen LogP contribution in [-0.4, -0.2) is 16.7 Å². The van der Waals surface area contributed by atoms with E-state index in [-0.39, 0.29) is 0 Å². The van der Waals surface area contributed by atoms with Crippen LogP contribution in [0, 0.1) is 0 Å². The van der Waals surface area contributed by atoms with Crippen molar-refractivity contribution >= 4 is 5.71 Å². The van der Waals surface area contributed by atoms with Crippen molar-refractivity contribution in [2.75, 3.05) is 0 Å². The Bertz CT molecular complexity index is 532. The van der Waals surface area contributed by atoms with Crippen LogP contribution >= 0.6 is 0 Å². The van der Waals surface area contributed by atoms with E-state index in [0.717, 1.165) is 30.7 Å². The molecule has 0 N–H and O–H groups in total. The first-order valence-electron chi connectivity index (χ1n) is 6.44. The van der Waals surface area contributed by atoms with E-state index in [1.165, 1.54) is 5.56 Å². The summed E-state index contributed by atoms with van der Waals surface area (Å²) in [7, 11) is 0. The van der Waals surface area contributed by atoms with Gasteiger partial charge < -0.3 is 0 Å². The van der Waals surface area contributed by atoms with E-state index < -0.39 is 0 Å². The fourth-order valence-corrected chi connectivity index (χ4v) is 2.41. The molecular weight excluding hydrogens is 220 g/mol. The van der Waals surface area contributed by atoms with Gasteiger partial charge in [-0.15, -0.1) is 0 Å². The van der Waals surface area contributed by atoms with E-state index in [2.05, 4.69) is 35.3 Å². The first kappa shape index (κ1) is 11.1. The number of rotatable bonds is 3. The number of hydrogen-bond acceptors (Lipinski definition) is 2. The molecule has 0 bridgehead atoms. The van der Waals surface area contributed by atoms with Crippen LogP contribution in [0.25, 0.3) is 0 Å². The second-order valence-corrected chi connectivity index (χ2v) is 4.67. The number of aliphatic imine (C=N–C) groups is 1. The Labute approximate surface area is 107 Å². The minimum Gasteiger partial charge on any atom is -0.284 e. The average molecular weight is 236 g/mol. The SMILES string of the molecule is c1ccc(C[C@@H]2CCC(c3ccccn3)=N2)cc1. The third-order valence-electron chi connectivity index (χ3n) is 3.33. The topological polar surface area (TPSA) is 25.2 Å². The first-order chi connectivity index (χ1) is 8.92. The average Bonchev–Trinajstić information content (AvgIpc) is 2.89. The van der Waals surface area contributed by atoms with Crippen molar-refractivity contribution in [2.24, 2.45) is 4.99 Å². The number of aromatic nitrogens is 1. The number of benzene rings is 1. The summed E-state index contributed by atoms with van der Waals surface area (Å²) in [4.78, 5) is 9.18. The van der Waals surface area contributed by atoms with Crippen molar-refractivity contribution in [3.63, 3.8) is 0 Å². The van der Waals surface area contributed by atoms with Crippen LogP contribution in [0.15, 0.2) is 59.7 Å². The molecule has 0 amide bonds. The van der Waals surface area contributed by atoms with Crippen molar-refractivity contribution in [3.05, 3.63) is 66.0 Å². The second kappa shape index (κ2) is 5.13. The molecule has 0 radical (unpaired) electrons. The lowest BCUT2D eigenvalue weighted by Gasteiger charge is -2.05. The van der Waals surface area contributed by atoms with Gasteiger partial charge in [0.15, 0.2) is 0 Å². The quantitative estimate of drug-likeness (QED) is 0.803. The number of pyridine rings is 1. The van der Waals surface area contributed by atoms with E-state index in [9.17, 15) is 0 Å². The summed E-state index contributed by atoms with van der Waals surface area (Å²) >= 11 is 0. The van der Waals surface area contributed by atoms with E-state index in [0.29, 0.717) is 6.04 Å². The molecule has 2 aromatic rings. The molecule has 18 heavy (non-hydrogen) atoms. The highest BCUT2D eigenvalue weighted by molar-refractivity contribution is 6.00. The number of nitrogens with zero attached hydrogens (tertiary/aromatic N) is 2. The molecule has 0 aliphatic carbocycles. The molecule has 1 aromatic heterocycles. The number of hydrogen-bond donors (Lipinski definition) is 0. The molecule has 0 unspecified atom stereocenters. The van der Waals surface area contributed by atoms with Gasteiger partial charge in [-0.25, -0.2) is 0 Å². The van der Waals surface area contributed by atoms with E-state index >= 15 is 0 Å². The van der Waals surface area contributed by atoms with Crippen LogP contribution in [0.4, 0.5) is 0 Å². The van der Waals surface area contributed by atoms with Gasteiger partial charge in [0, 0.05) is 6.20 Å². The van der Waals surface area contributed by atoms with Gasteiger partial charge in [0.05, 0.1) is 17.4 Å². The Morgan fingerprint density at radius 3 is 2.61 bits per heavy atom. The van der Waals surface area contributed by atoms with E-state index in [1.54, 1.807) is 0 Å². The van der Waals surface area contributed by atoms with Gasteiger partial charge >= 0.3 is 0 Å². The van der Waals surface area contributed by atoms with Crippen LogP contribution in [0.5, 0.6) is 0 Å². The highest BCUT2D eigenvalue weighted by Crippen LogP contribution is 2.20. The molecule has 1 aliphatic rings. The molecule has 0 saturated heterocycles. The minimum atomic E-state index is 0.421. The maximum absolute atomic E-state index is 4.81. The Kier molecular flexibility index (Phi) is 3.18. The summed E-state index contributed by atoms with van der Waals surface area (Å²) in [6.07, 6.45) is 5.06. The molecule has 2 nitrogen and oxygen atoms in total. The first-order valence-corrected chi connectivity index (χ1v) is 6.44. The van der Waals surface area contributed by atoms with Crippen LogP contribution in [0.3, 0.4) is 0 Å². The molecule has 1 aliphatic heterocycles. The Morgan fingerprint density at radius 1 is 1.00 bits per heavy atom. The zero-order chi connectivity index (χ0) is 12.2. The third kappa shape index (κ3) is 2.48. The molecule has 2 heterocycles. The molecule has 3 rings (SSSR count). The summed E-state index contributed by atoms with van der Waals surface area (Å²) in [5.74, 6) is 0. The van der Waals surface area contributed by atoms with Gasteiger partial charge in [0.25, 0.3) is 0 Å². The van der Waals surface area contributed by atoms with Crippen LogP contribution in [0.2, 0.25) is 0 Å². The largest absolute Gasteiger partial charge is 0.284 e. The fourth-order valence-electron chi connectivity index (χ4n) is 2.41. The van der Waals surface area contributed by atoms with Crippen LogP contribution in [0.1, 0.15) is 24.1 Å². The third-order valence-corrected chi connectivity index (χ3v) is 3.33. The summed E-state index contributed by atoms with van der Waals surface area (Å²) in [6.45, 7) is 0. The highest BCUT2D eigenvalue weighted by Gasteiger charge is 2.19. The molecular formula is C16H16N2. The van der Waals surface area contributed by atoms with E-state index in [1.807, 2.05) is 24.4 Å². The van der Waals surface area contributed by atoms with Crippen molar-refractivity contribution in [1.29, 1.82) is 0 Å². The van der Waals surface area contributed by atoms with Crippen molar-refractivity contribution in [1.82, 2.24) is 4.98 Å². The lowest BCUT2D eigenvalue weighted by Crippen LogP contribution is -2.03. The zero-order valence-corrected chi connectivity index (χ0v) is 10.3. The van der Waals surface area contributed by atoms with Crippen molar-refractivity contribution in [3.8, 4) is 0 Å². The lowest BCUT2D eigenvalue weighted by molar-refractivity contribution is 0.667. The summed E-state index contributed by atoms with van der Waals surface area (Å²) in [6, 6.07) is 17.0. The molecule has 1 aromatic carbocycles. The van der Waals surface area contributed by atoms with E-state index in [4.69, 9.17) is 4.99 Å². The predicted octanol–water partition coefficient (Wildman–Crippen LogP) is 3.28. The zero-order valence-electron chi connectivity index (χ0n) is 10.3. The minimum absolute atomic E-state index is 0.421. The van der Waals surface area contributed by atoms with Gasteiger partial charge in [-0.2, -0.15) is 0 Å². The Hall–Kier alpha value is -1.96. The molecule has 1 atom stereocenters. The van der Waals surface area contributed by atoms with Crippen molar-refractivity contribution in [2.45, 2.75) is 25.3 Å². The van der Waals surface area contributed by atoms with Gasteiger partial charge in [-0.1, -0.05) is 36.4 Å². The van der Waals surface area contributed by atoms with Gasteiger partial charge in [-0.3, -0.25) is 9.98 Å². The second-order valence-electron chi connectivity index (χ2n) is 4.67. The predicted molar refractivity (Wildman–Crippen MR) is 73.9 cm³/mol. The molecule has 90 valence electrons. The van der Waals surface area contributed by atoms with Crippen LogP contribution in [-0.2, 0) is 6.42 Å².